The van der Waals surface area contributed by atoms with Crippen molar-refractivity contribution >= 4 is 27.6 Å². The van der Waals surface area contributed by atoms with Gasteiger partial charge in [0.2, 0.25) is 15.9 Å². The standard InChI is InChI=1S/C24H28FN3O5S/c1-16(2)22(26-23(30)20-6-4-5-7-21(20)25)24(31)27-12-14-28(15-13-27)34(32,33)19-10-8-18(9-11-19)17(3)29/h4-11,16,22H,12-15H2,1-3H3,(H,26,30)/t22-/m0/s1. The highest BCUT2D eigenvalue weighted by molar-refractivity contribution is 7.89. The number of piperazine rings is 1. The highest BCUT2D eigenvalue weighted by atomic mass is 32.2. The minimum atomic E-state index is -3.78. The first-order valence-corrected chi connectivity index (χ1v) is 12.4. The number of rotatable bonds is 7. The Kier molecular flexibility index (Phi) is 7.83. The highest BCUT2D eigenvalue weighted by Gasteiger charge is 2.34. The molecule has 0 bridgehead atoms. The van der Waals surface area contributed by atoms with Crippen molar-refractivity contribution in [2.45, 2.75) is 31.7 Å². The third-order valence-corrected chi connectivity index (χ3v) is 7.70. The minimum Gasteiger partial charge on any atom is -0.340 e. The maximum atomic E-state index is 14.0. The van der Waals surface area contributed by atoms with E-state index < -0.39 is 27.8 Å². The number of ketones is 1. The maximum Gasteiger partial charge on any atom is 0.254 e. The Hall–Kier alpha value is -3.11. The number of sulfonamides is 1. The van der Waals surface area contributed by atoms with E-state index in [-0.39, 0.29) is 54.2 Å². The van der Waals surface area contributed by atoms with Crippen molar-refractivity contribution in [3.8, 4) is 0 Å². The van der Waals surface area contributed by atoms with Crippen molar-refractivity contribution in [1.29, 1.82) is 0 Å². The summed E-state index contributed by atoms with van der Waals surface area (Å²) < 4.78 is 41.2. The van der Waals surface area contributed by atoms with Crippen molar-refractivity contribution in [2.75, 3.05) is 26.2 Å². The molecule has 182 valence electrons. The van der Waals surface area contributed by atoms with E-state index in [4.69, 9.17) is 0 Å². The van der Waals surface area contributed by atoms with Crippen LogP contribution in [0.4, 0.5) is 4.39 Å². The molecule has 1 fully saturated rings. The Balaban J connectivity index is 1.66. The number of nitrogens with one attached hydrogen (secondary N) is 1. The maximum absolute atomic E-state index is 14.0. The zero-order valence-corrected chi connectivity index (χ0v) is 20.1. The molecule has 1 heterocycles. The molecule has 1 atom stereocenters. The molecule has 2 aromatic rings. The van der Waals surface area contributed by atoms with Gasteiger partial charge < -0.3 is 10.2 Å². The van der Waals surface area contributed by atoms with Gasteiger partial charge in [-0.15, -0.1) is 0 Å². The third-order valence-electron chi connectivity index (χ3n) is 5.79. The number of carbonyl (C=O) groups excluding carboxylic acids is 3. The Bertz CT molecular complexity index is 1170. The lowest BCUT2D eigenvalue weighted by Crippen LogP contribution is -2.57. The molecule has 0 spiro atoms. The van der Waals surface area contributed by atoms with Gasteiger partial charge in [-0.2, -0.15) is 4.31 Å². The Morgan fingerprint density at radius 3 is 2.06 bits per heavy atom. The molecule has 0 saturated carbocycles. The molecule has 2 aromatic carbocycles. The van der Waals surface area contributed by atoms with Gasteiger partial charge in [-0.3, -0.25) is 14.4 Å². The second-order valence-corrected chi connectivity index (χ2v) is 10.4. The van der Waals surface area contributed by atoms with Crippen molar-refractivity contribution in [2.24, 2.45) is 5.92 Å². The van der Waals surface area contributed by atoms with E-state index in [1.54, 1.807) is 13.8 Å². The zero-order chi connectivity index (χ0) is 25.0. The molecule has 8 nitrogen and oxygen atoms in total. The van der Waals surface area contributed by atoms with Crippen LogP contribution in [0.3, 0.4) is 0 Å². The monoisotopic (exact) mass is 489 g/mol. The molecule has 2 amide bonds. The summed E-state index contributed by atoms with van der Waals surface area (Å²) in [5, 5.41) is 2.62. The number of hydrogen-bond acceptors (Lipinski definition) is 5. The van der Waals surface area contributed by atoms with Crippen LogP contribution in [-0.2, 0) is 14.8 Å². The molecule has 3 rings (SSSR count). The number of carbonyl (C=O) groups is 3. The molecule has 10 heteroatoms. The van der Waals surface area contributed by atoms with Gasteiger partial charge in [-0.25, -0.2) is 12.8 Å². The van der Waals surface area contributed by atoms with E-state index in [0.29, 0.717) is 5.56 Å². The summed E-state index contributed by atoms with van der Waals surface area (Å²) in [5.41, 5.74) is 0.277. The molecule has 0 aliphatic carbocycles. The van der Waals surface area contributed by atoms with Crippen LogP contribution in [0.15, 0.2) is 53.4 Å². The largest absolute Gasteiger partial charge is 0.340 e. The summed E-state index contributed by atoms with van der Waals surface area (Å²) in [5.74, 6) is -2.12. The fraction of sp³-hybridized carbons (Fsp3) is 0.375. The summed E-state index contributed by atoms with van der Waals surface area (Å²) in [6.07, 6.45) is 0. The fourth-order valence-corrected chi connectivity index (χ4v) is 5.16. The molecule has 0 unspecified atom stereocenters. The molecule has 1 saturated heterocycles. The topological polar surface area (TPSA) is 104 Å². The molecule has 1 aliphatic rings. The number of nitrogens with zero attached hydrogens (tertiary/aromatic N) is 2. The lowest BCUT2D eigenvalue weighted by molar-refractivity contribution is -0.135. The third kappa shape index (κ3) is 5.51. The first-order chi connectivity index (χ1) is 16.0. The summed E-state index contributed by atoms with van der Waals surface area (Å²) >= 11 is 0. The Morgan fingerprint density at radius 2 is 1.53 bits per heavy atom. The van der Waals surface area contributed by atoms with Crippen LogP contribution in [-0.4, -0.2) is 67.4 Å². The van der Waals surface area contributed by atoms with Crippen molar-refractivity contribution in [1.82, 2.24) is 14.5 Å². The molecule has 1 aliphatic heterocycles. The van der Waals surface area contributed by atoms with Crippen LogP contribution in [0.25, 0.3) is 0 Å². The lowest BCUT2D eigenvalue weighted by Gasteiger charge is -2.36. The second kappa shape index (κ2) is 10.4. The van der Waals surface area contributed by atoms with Crippen LogP contribution < -0.4 is 5.32 Å². The van der Waals surface area contributed by atoms with Crippen LogP contribution >= 0.6 is 0 Å². The molecular weight excluding hydrogens is 461 g/mol. The van der Waals surface area contributed by atoms with E-state index in [9.17, 15) is 27.2 Å². The number of hydrogen-bond donors (Lipinski definition) is 1. The van der Waals surface area contributed by atoms with E-state index >= 15 is 0 Å². The van der Waals surface area contributed by atoms with Gasteiger partial charge in [-0.05, 0) is 37.1 Å². The van der Waals surface area contributed by atoms with E-state index in [1.807, 2.05) is 0 Å². The zero-order valence-electron chi connectivity index (χ0n) is 19.3. The number of Topliss-reactive ketones (excluding diaryl/α,β-unsaturated/α-hetero) is 1. The van der Waals surface area contributed by atoms with E-state index in [0.717, 1.165) is 0 Å². The predicted molar refractivity (Wildman–Crippen MR) is 124 cm³/mol. The van der Waals surface area contributed by atoms with Crippen LogP contribution in [0, 0.1) is 11.7 Å². The molecule has 0 aromatic heterocycles. The van der Waals surface area contributed by atoms with Gasteiger partial charge >= 0.3 is 0 Å². The number of benzene rings is 2. The summed E-state index contributed by atoms with van der Waals surface area (Å²) in [4.78, 5) is 38.7. The lowest BCUT2D eigenvalue weighted by atomic mass is 10.0. The predicted octanol–water partition coefficient (Wildman–Crippen LogP) is 2.32. The first-order valence-electron chi connectivity index (χ1n) is 11.0. The van der Waals surface area contributed by atoms with Crippen molar-refractivity contribution < 1.29 is 27.2 Å². The summed E-state index contributed by atoms with van der Waals surface area (Å²) in [7, 11) is -3.78. The smallest absolute Gasteiger partial charge is 0.254 e. The highest BCUT2D eigenvalue weighted by Crippen LogP contribution is 2.20. The van der Waals surface area contributed by atoms with Crippen molar-refractivity contribution in [3.63, 3.8) is 0 Å². The van der Waals surface area contributed by atoms with Gasteiger partial charge in [0.15, 0.2) is 5.78 Å². The quantitative estimate of drug-likeness (QED) is 0.601. The van der Waals surface area contributed by atoms with Crippen LogP contribution in [0.1, 0.15) is 41.5 Å². The minimum absolute atomic E-state index is 0.0782. The Morgan fingerprint density at radius 1 is 0.941 bits per heavy atom. The number of halogens is 1. The van der Waals surface area contributed by atoms with Gasteiger partial charge in [0.25, 0.3) is 5.91 Å². The number of amides is 2. The molecule has 34 heavy (non-hydrogen) atoms. The van der Waals surface area contributed by atoms with Gasteiger partial charge in [-0.1, -0.05) is 38.1 Å². The Labute approximate surface area is 198 Å². The molecular formula is C24H28FN3O5S. The van der Waals surface area contributed by atoms with E-state index in [2.05, 4.69) is 5.32 Å². The van der Waals surface area contributed by atoms with Crippen LogP contribution in [0.5, 0.6) is 0 Å². The molecule has 0 radical (unpaired) electrons. The van der Waals surface area contributed by atoms with Gasteiger partial charge in [0.05, 0.1) is 10.5 Å². The average Bonchev–Trinajstić information content (AvgIpc) is 2.82. The summed E-state index contributed by atoms with van der Waals surface area (Å²) in [6, 6.07) is 10.4. The van der Waals surface area contributed by atoms with Crippen molar-refractivity contribution in [3.05, 3.63) is 65.5 Å². The first kappa shape index (κ1) is 25.5. The van der Waals surface area contributed by atoms with E-state index in [1.165, 1.54) is 64.7 Å². The van der Waals surface area contributed by atoms with Crippen LogP contribution in [0.2, 0.25) is 0 Å². The summed E-state index contributed by atoms with van der Waals surface area (Å²) in [6.45, 7) is 5.45. The van der Waals surface area contributed by atoms with Gasteiger partial charge in [0, 0.05) is 31.7 Å². The molecule has 1 N–H and O–H groups in total. The van der Waals surface area contributed by atoms with Gasteiger partial charge in [0.1, 0.15) is 11.9 Å². The normalized spacial score (nSPS) is 15.7. The second-order valence-electron chi connectivity index (χ2n) is 8.48. The average molecular weight is 490 g/mol. The SMILES string of the molecule is CC(=O)c1ccc(S(=O)(=O)N2CCN(C(=O)[C@@H](NC(=O)c3ccccc3F)C(C)C)CC2)cc1. The fourth-order valence-electron chi connectivity index (χ4n) is 3.73.